The number of aryl methyl sites for hydroxylation is 3. The zero-order valence-corrected chi connectivity index (χ0v) is 12.7. The van der Waals surface area contributed by atoms with Crippen LogP contribution in [0.25, 0.3) is 0 Å². The molecular weight excluding hydrogens is 260 g/mol. The van der Waals surface area contributed by atoms with Gasteiger partial charge in [-0.25, -0.2) is 0 Å². The van der Waals surface area contributed by atoms with E-state index in [1.165, 1.54) is 5.56 Å². The number of rotatable bonds is 2. The summed E-state index contributed by atoms with van der Waals surface area (Å²) in [4.78, 5) is 12.3. The average molecular weight is 283 g/mol. The van der Waals surface area contributed by atoms with Gasteiger partial charge in [0.2, 0.25) is 0 Å². The molecule has 1 aromatic rings. The highest BCUT2D eigenvalue weighted by Gasteiger charge is 2.18. The quantitative estimate of drug-likeness (QED) is 0.875. The molecule has 1 aromatic carbocycles. The van der Waals surface area contributed by atoms with Crippen molar-refractivity contribution in [2.75, 3.05) is 13.1 Å². The molecule has 0 saturated carbocycles. The number of nitrogens with one attached hydrogen (secondary N) is 2. The second-order valence-electron chi connectivity index (χ2n) is 5.29. The van der Waals surface area contributed by atoms with Gasteiger partial charge in [-0.2, -0.15) is 0 Å². The van der Waals surface area contributed by atoms with Crippen molar-refractivity contribution in [3.8, 4) is 0 Å². The van der Waals surface area contributed by atoms with Crippen molar-refractivity contribution in [3.05, 3.63) is 34.4 Å². The number of halogens is 1. The summed E-state index contributed by atoms with van der Waals surface area (Å²) in [6.45, 7) is 8.03. The number of amides is 1. The molecule has 0 unspecified atom stereocenters. The lowest BCUT2D eigenvalue weighted by Crippen LogP contribution is -2.45. The summed E-state index contributed by atoms with van der Waals surface area (Å²) in [6, 6.07) is 4.41. The highest BCUT2D eigenvalue weighted by molar-refractivity contribution is 5.97. The van der Waals surface area contributed by atoms with Gasteiger partial charge in [-0.05, 0) is 51.3 Å². The Kier molecular flexibility index (Phi) is 5.83. The number of carbonyl (C=O) groups excluding carboxylic acids is 1. The van der Waals surface area contributed by atoms with E-state index in [0.717, 1.165) is 42.6 Å². The average Bonchev–Trinajstić information content (AvgIpc) is 2.28. The minimum Gasteiger partial charge on any atom is -0.348 e. The van der Waals surface area contributed by atoms with Crippen LogP contribution in [0, 0.1) is 20.8 Å². The van der Waals surface area contributed by atoms with Gasteiger partial charge in [0.25, 0.3) is 5.91 Å². The number of hydrogen-bond acceptors (Lipinski definition) is 2. The van der Waals surface area contributed by atoms with Crippen LogP contribution in [0.15, 0.2) is 12.1 Å². The van der Waals surface area contributed by atoms with E-state index >= 15 is 0 Å². The summed E-state index contributed by atoms with van der Waals surface area (Å²) in [5.41, 5.74) is 4.18. The fourth-order valence-corrected chi connectivity index (χ4v) is 2.77. The second-order valence-corrected chi connectivity index (χ2v) is 5.29. The van der Waals surface area contributed by atoms with Gasteiger partial charge in [-0.3, -0.25) is 4.79 Å². The second kappa shape index (κ2) is 6.92. The highest BCUT2D eigenvalue weighted by Crippen LogP contribution is 2.16. The minimum absolute atomic E-state index is 0. The van der Waals surface area contributed by atoms with Crippen molar-refractivity contribution in [1.29, 1.82) is 0 Å². The molecule has 0 aliphatic carbocycles. The van der Waals surface area contributed by atoms with Gasteiger partial charge in [-0.1, -0.05) is 17.7 Å². The van der Waals surface area contributed by atoms with Crippen molar-refractivity contribution >= 4 is 18.3 Å². The van der Waals surface area contributed by atoms with Gasteiger partial charge in [0, 0.05) is 18.2 Å². The van der Waals surface area contributed by atoms with E-state index < -0.39 is 0 Å². The van der Waals surface area contributed by atoms with Crippen molar-refractivity contribution in [3.63, 3.8) is 0 Å². The van der Waals surface area contributed by atoms with Gasteiger partial charge in [0.15, 0.2) is 0 Å². The van der Waals surface area contributed by atoms with Crippen LogP contribution in [-0.4, -0.2) is 25.0 Å². The summed E-state index contributed by atoms with van der Waals surface area (Å²) >= 11 is 0. The maximum absolute atomic E-state index is 12.3. The van der Waals surface area contributed by atoms with Crippen molar-refractivity contribution in [2.45, 2.75) is 39.7 Å². The SMILES string of the molecule is Cc1cc(C)c(C(=O)N[C@@H]2CCCNC2)c(C)c1.Cl. The fourth-order valence-electron chi connectivity index (χ4n) is 2.77. The van der Waals surface area contributed by atoms with E-state index in [-0.39, 0.29) is 24.4 Å². The maximum atomic E-state index is 12.3. The molecule has 0 spiro atoms. The number of piperidine rings is 1. The number of hydrogen-bond donors (Lipinski definition) is 2. The third-order valence-electron chi connectivity index (χ3n) is 3.54. The molecule has 2 N–H and O–H groups in total. The smallest absolute Gasteiger partial charge is 0.252 e. The molecule has 1 heterocycles. The predicted octanol–water partition coefficient (Wildman–Crippen LogP) is 2.52. The van der Waals surface area contributed by atoms with Gasteiger partial charge < -0.3 is 10.6 Å². The summed E-state index contributed by atoms with van der Waals surface area (Å²) < 4.78 is 0. The van der Waals surface area contributed by atoms with E-state index in [1.54, 1.807) is 0 Å². The molecule has 1 aliphatic rings. The van der Waals surface area contributed by atoms with E-state index in [2.05, 4.69) is 29.7 Å². The van der Waals surface area contributed by atoms with E-state index in [0.29, 0.717) is 0 Å². The summed E-state index contributed by atoms with van der Waals surface area (Å²) in [5.74, 6) is 0.0682. The van der Waals surface area contributed by atoms with Crippen LogP contribution in [0.4, 0.5) is 0 Å². The van der Waals surface area contributed by atoms with Gasteiger partial charge in [0.05, 0.1) is 0 Å². The summed E-state index contributed by atoms with van der Waals surface area (Å²) in [7, 11) is 0. The van der Waals surface area contributed by atoms with Crippen LogP contribution >= 0.6 is 12.4 Å². The topological polar surface area (TPSA) is 41.1 Å². The molecule has 1 saturated heterocycles. The first-order valence-corrected chi connectivity index (χ1v) is 6.67. The Hall–Kier alpha value is -1.06. The molecule has 0 radical (unpaired) electrons. The first kappa shape index (κ1) is 16.0. The lowest BCUT2D eigenvalue weighted by atomic mass is 9.98. The maximum Gasteiger partial charge on any atom is 0.252 e. The standard InChI is InChI=1S/C15H22N2O.ClH/c1-10-7-11(2)14(12(3)8-10)15(18)17-13-5-4-6-16-9-13;/h7-8,13,16H,4-6,9H2,1-3H3,(H,17,18);1H/t13-;/m1./s1. The zero-order chi connectivity index (χ0) is 13.1. The van der Waals surface area contributed by atoms with Crippen LogP contribution in [0.1, 0.15) is 39.9 Å². The molecule has 0 aromatic heterocycles. The molecule has 4 heteroatoms. The largest absolute Gasteiger partial charge is 0.348 e. The van der Waals surface area contributed by atoms with Crippen LogP contribution in [0.2, 0.25) is 0 Å². The summed E-state index contributed by atoms with van der Waals surface area (Å²) in [5, 5.41) is 6.45. The van der Waals surface area contributed by atoms with E-state index in [9.17, 15) is 4.79 Å². The Bertz CT molecular complexity index is 430. The summed E-state index contributed by atoms with van der Waals surface area (Å²) in [6.07, 6.45) is 2.21. The molecule has 3 nitrogen and oxygen atoms in total. The van der Waals surface area contributed by atoms with Crippen LogP contribution < -0.4 is 10.6 Å². The zero-order valence-electron chi connectivity index (χ0n) is 11.9. The first-order valence-electron chi connectivity index (χ1n) is 6.67. The Morgan fingerprint density at radius 1 is 1.26 bits per heavy atom. The number of benzene rings is 1. The lowest BCUT2D eigenvalue weighted by Gasteiger charge is -2.24. The van der Waals surface area contributed by atoms with Crippen LogP contribution in [0.3, 0.4) is 0 Å². The number of carbonyl (C=O) groups is 1. The monoisotopic (exact) mass is 282 g/mol. The molecule has 0 bridgehead atoms. The highest BCUT2D eigenvalue weighted by atomic mass is 35.5. The van der Waals surface area contributed by atoms with Crippen LogP contribution in [0.5, 0.6) is 0 Å². The minimum atomic E-state index is 0. The van der Waals surface area contributed by atoms with Crippen molar-refractivity contribution in [1.82, 2.24) is 10.6 Å². The Morgan fingerprint density at radius 3 is 2.42 bits per heavy atom. The van der Waals surface area contributed by atoms with Gasteiger partial charge in [0.1, 0.15) is 0 Å². The molecule has 1 aliphatic heterocycles. The molecular formula is C15H23ClN2O. The lowest BCUT2D eigenvalue weighted by molar-refractivity contribution is 0.0929. The van der Waals surface area contributed by atoms with Gasteiger partial charge >= 0.3 is 0 Å². The third kappa shape index (κ3) is 3.95. The fraction of sp³-hybridized carbons (Fsp3) is 0.533. The molecule has 1 atom stereocenters. The molecule has 19 heavy (non-hydrogen) atoms. The predicted molar refractivity (Wildman–Crippen MR) is 81.3 cm³/mol. The Morgan fingerprint density at radius 2 is 1.89 bits per heavy atom. The van der Waals surface area contributed by atoms with Crippen molar-refractivity contribution < 1.29 is 4.79 Å². The van der Waals surface area contributed by atoms with Crippen molar-refractivity contribution in [2.24, 2.45) is 0 Å². The third-order valence-corrected chi connectivity index (χ3v) is 3.54. The molecule has 2 rings (SSSR count). The van der Waals surface area contributed by atoms with Gasteiger partial charge in [-0.15, -0.1) is 12.4 Å². The molecule has 1 amide bonds. The first-order chi connectivity index (χ1) is 8.58. The molecule has 106 valence electrons. The normalized spacial score (nSPS) is 18.6. The van der Waals surface area contributed by atoms with E-state index in [4.69, 9.17) is 0 Å². The van der Waals surface area contributed by atoms with Crippen LogP contribution in [-0.2, 0) is 0 Å². The Balaban J connectivity index is 0.00000180. The molecule has 1 fully saturated rings. The Labute approximate surface area is 121 Å². The van der Waals surface area contributed by atoms with E-state index in [1.807, 2.05) is 13.8 Å².